The number of ether oxygens (including phenoxy) is 2. The van der Waals surface area contributed by atoms with Gasteiger partial charge in [0.2, 0.25) is 28.6 Å². The first kappa shape index (κ1) is 28.2. The Kier molecular flexibility index (Phi) is 9.36. The van der Waals surface area contributed by atoms with Crippen molar-refractivity contribution in [2.24, 2.45) is 0 Å². The molecule has 0 saturated heterocycles. The molecule has 0 bridgehead atoms. The summed E-state index contributed by atoms with van der Waals surface area (Å²) in [6.07, 6.45) is 1.01. The zero-order chi connectivity index (χ0) is 27.2. The lowest BCUT2D eigenvalue weighted by atomic mass is 10.1. The molecule has 0 fully saturated rings. The van der Waals surface area contributed by atoms with Crippen LogP contribution in [0.1, 0.15) is 46.1 Å². The molecule has 2 aromatic rings. The Hall–Kier alpha value is -3.34. The van der Waals surface area contributed by atoms with Gasteiger partial charge >= 0.3 is 0 Å². The number of carbonyl (C=O) groups is 2. The molecule has 1 heterocycles. The van der Waals surface area contributed by atoms with E-state index in [1.165, 1.54) is 42.2 Å². The number of amides is 2. The Balaban J connectivity index is 1.96. The number of hydrogen-bond donors (Lipinski definition) is 1. The minimum atomic E-state index is -3.87. The van der Waals surface area contributed by atoms with Crippen molar-refractivity contribution >= 4 is 27.5 Å². The number of nitrogens with zero attached hydrogens (tertiary/aromatic N) is 2. The Morgan fingerprint density at radius 3 is 2.32 bits per heavy atom. The minimum absolute atomic E-state index is 0.00664. The zero-order valence-corrected chi connectivity index (χ0v) is 22.4. The molecule has 9 nitrogen and oxygen atoms in total. The molecule has 0 aromatic heterocycles. The molecule has 1 aliphatic rings. The molecule has 0 aliphatic carbocycles. The fraction of sp³-hybridized carbons (Fsp3) is 0.462. The maximum absolute atomic E-state index is 13.8. The van der Waals surface area contributed by atoms with E-state index in [1.54, 1.807) is 19.1 Å². The highest BCUT2D eigenvalue weighted by atomic mass is 32.2. The van der Waals surface area contributed by atoms with Gasteiger partial charge in [0.1, 0.15) is 18.4 Å². The molecule has 3 rings (SSSR count). The number of halogens is 1. The van der Waals surface area contributed by atoms with Crippen molar-refractivity contribution in [3.63, 3.8) is 0 Å². The van der Waals surface area contributed by atoms with E-state index in [1.807, 2.05) is 13.8 Å². The predicted molar refractivity (Wildman–Crippen MR) is 138 cm³/mol. The molecule has 1 aliphatic heterocycles. The van der Waals surface area contributed by atoms with Crippen LogP contribution in [-0.4, -0.2) is 56.3 Å². The molecule has 0 radical (unpaired) electrons. The number of anilines is 1. The monoisotopic (exact) mass is 535 g/mol. The lowest BCUT2D eigenvalue weighted by Gasteiger charge is -2.33. The maximum atomic E-state index is 13.8. The van der Waals surface area contributed by atoms with Gasteiger partial charge in [-0.2, -0.15) is 0 Å². The third kappa shape index (κ3) is 6.91. The van der Waals surface area contributed by atoms with Crippen molar-refractivity contribution in [1.82, 2.24) is 10.2 Å². The zero-order valence-electron chi connectivity index (χ0n) is 21.6. The molecule has 1 N–H and O–H groups in total. The van der Waals surface area contributed by atoms with Gasteiger partial charge in [-0.3, -0.25) is 13.9 Å². The van der Waals surface area contributed by atoms with E-state index in [-0.39, 0.29) is 36.7 Å². The second-order valence-electron chi connectivity index (χ2n) is 8.83. The van der Waals surface area contributed by atoms with Gasteiger partial charge in [0, 0.05) is 18.7 Å². The van der Waals surface area contributed by atoms with E-state index in [2.05, 4.69) is 5.32 Å². The average molecular weight is 536 g/mol. The molecule has 0 saturated carbocycles. The summed E-state index contributed by atoms with van der Waals surface area (Å²) in [4.78, 5) is 28.3. The van der Waals surface area contributed by atoms with Gasteiger partial charge in [-0.25, -0.2) is 12.8 Å². The smallest absolute Gasteiger partial charge is 0.244 e. The number of rotatable bonds is 12. The first-order valence-corrected chi connectivity index (χ1v) is 13.9. The van der Waals surface area contributed by atoms with E-state index in [4.69, 9.17) is 9.47 Å². The van der Waals surface area contributed by atoms with Gasteiger partial charge in [0.05, 0.1) is 11.4 Å². The highest BCUT2D eigenvalue weighted by molar-refractivity contribution is 7.92. The van der Waals surface area contributed by atoms with Gasteiger partial charge in [-0.05, 0) is 56.5 Å². The van der Waals surface area contributed by atoms with Crippen LogP contribution in [0, 0.1) is 5.82 Å². The molecule has 0 spiro atoms. The van der Waals surface area contributed by atoms with E-state index in [0.29, 0.717) is 29.9 Å². The number of sulfonamides is 1. The van der Waals surface area contributed by atoms with Crippen molar-refractivity contribution in [1.29, 1.82) is 0 Å². The third-order valence-electron chi connectivity index (χ3n) is 6.28. The van der Waals surface area contributed by atoms with Crippen molar-refractivity contribution < 1.29 is 31.9 Å². The SMILES string of the molecule is CC[C@@H](C)NC(=O)[C@@H](CC)N(Cc1ccc(F)cc1)C(=O)CN(c1ccc2c(c1)OCO2)S(=O)(=O)CC. The normalized spacial score (nSPS) is 14.1. The Labute approximate surface area is 217 Å². The van der Waals surface area contributed by atoms with Crippen LogP contribution in [0.3, 0.4) is 0 Å². The molecule has 2 amide bonds. The van der Waals surface area contributed by atoms with E-state index < -0.39 is 34.3 Å². The fourth-order valence-electron chi connectivity index (χ4n) is 3.91. The second kappa shape index (κ2) is 12.3. The molecule has 37 heavy (non-hydrogen) atoms. The number of benzene rings is 2. The summed E-state index contributed by atoms with van der Waals surface area (Å²) in [7, 11) is -3.87. The first-order valence-electron chi connectivity index (χ1n) is 12.3. The summed E-state index contributed by atoms with van der Waals surface area (Å²) >= 11 is 0. The van der Waals surface area contributed by atoms with Crippen LogP contribution in [0.15, 0.2) is 42.5 Å². The molecule has 202 valence electrons. The lowest BCUT2D eigenvalue weighted by Crippen LogP contribution is -2.53. The van der Waals surface area contributed by atoms with Gasteiger partial charge in [-0.1, -0.05) is 26.0 Å². The number of fused-ring (bicyclic) bond motifs is 1. The van der Waals surface area contributed by atoms with Crippen molar-refractivity contribution in [2.75, 3.05) is 23.4 Å². The summed E-state index contributed by atoms with van der Waals surface area (Å²) in [5, 5.41) is 2.91. The van der Waals surface area contributed by atoms with Gasteiger partial charge in [-0.15, -0.1) is 0 Å². The highest BCUT2D eigenvalue weighted by Crippen LogP contribution is 2.36. The largest absolute Gasteiger partial charge is 0.454 e. The van der Waals surface area contributed by atoms with Crippen LogP contribution in [0.4, 0.5) is 10.1 Å². The quantitative estimate of drug-likeness (QED) is 0.447. The highest BCUT2D eigenvalue weighted by Gasteiger charge is 2.33. The van der Waals surface area contributed by atoms with Crippen LogP contribution in [0.2, 0.25) is 0 Å². The van der Waals surface area contributed by atoms with Crippen molar-refractivity contribution in [3.8, 4) is 11.5 Å². The van der Waals surface area contributed by atoms with Gasteiger partial charge in [0.15, 0.2) is 11.5 Å². The molecular weight excluding hydrogens is 501 g/mol. The van der Waals surface area contributed by atoms with Crippen LogP contribution in [0.5, 0.6) is 11.5 Å². The Bertz CT molecular complexity index is 1210. The fourth-order valence-corrected chi connectivity index (χ4v) is 4.96. The maximum Gasteiger partial charge on any atom is 0.244 e. The third-order valence-corrected chi connectivity index (χ3v) is 8.02. The van der Waals surface area contributed by atoms with Gasteiger partial charge in [0.25, 0.3) is 0 Å². The number of hydrogen-bond acceptors (Lipinski definition) is 6. The Morgan fingerprint density at radius 1 is 1.03 bits per heavy atom. The summed E-state index contributed by atoms with van der Waals surface area (Å²) < 4.78 is 51.4. The Morgan fingerprint density at radius 2 is 1.70 bits per heavy atom. The topological polar surface area (TPSA) is 105 Å². The van der Waals surface area contributed by atoms with E-state index in [0.717, 1.165) is 4.31 Å². The van der Waals surface area contributed by atoms with E-state index in [9.17, 15) is 22.4 Å². The van der Waals surface area contributed by atoms with E-state index >= 15 is 0 Å². The molecule has 2 atom stereocenters. The molecule has 11 heteroatoms. The van der Waals surface area contributed by atoms with Crippen LogP contribution in [0.25, 0.3) is 0 Å². The first-order chi connectivity index (χ1) is 17.6. The van der Waals surface area contributed by atoms with Crippen LogP contribution < -0.4 is 19.1 Å². The van der Waals surface area contributed by atoms with Crippen molar-refractivity contribution in [2.45, 2.75) is 59.2 Å². The molecule has 0 unspecified atom stereocenters. The summed E-state index contributed by atoms with van der Waals surface area (Å²) in [6, 6.07) is 9.32. The number of carbonyl (C=O) groups excluding carboxylic acids is 2. The van der Waals surface area contributed by atoms with Crippen LogP contribution >= 0.6 is 0 Å². The standard InChI is InChI=1S/C26H34FN3O6S/c1-5-18(4)28-26(32)22(6-2)29(15-19-8-10-20(27)11-9-19)25(31)16-30(37(33,34)7-3)21-12-13-23-24(14-21)36-17-35-23/h8-14,18,22H,5-7,15-17H2,1-4H3,(H,28,32)/t18-,22-/m1/s1. The predicted octanol–water partition coefficient (Wildman–Crippen LogP) is 3.43. The number of nitrogens with one attached hydrogen (secondary N) is 1. The molecule has 2 aromatic carbocycles. The van der Waals surface area contributed by atoms with Crippen LogP contribution in [-0.2, 0) is 26.2 Å². The minimum Gasteiger partial charge on any atom is -0.454 e. The van der Waals surface area contributed by atoms with Crippen molar-refractivity contribution in [3.05, 3.63) is 53.8 Å². The summed E-state index contributed by atoms with van der Waals surface area (Å²) in [5.41, 5.74) is 0.857. The second-order valence-corrected chi connectivity index (χ2v) is 11.0. The summed E-state index contributed by atoms with van der Waals surface area (Å²) in [5.74, 6) is -0.701. The van der Waals surface area contributed by atoms with Gasteiger partial charge < -0.3 is 19.7 Å². The molecular formula is C26H34FN3O6S. The lowest BCUT2D eigenvalue weighted by molar-refractivity contribution is -0.140. The average Bonchev–Trinajstić information content (AvgIpc) is 3.36. The summed E-state index contributed by atoms with van der Waals surface area (Å²) in [6.45, 7) is 6.58.